The maximum Gasteiger partial charge on any atom is 0.348 e. The second-order valence-corrected chi connectivity index (χ2v) is 6.83. The molecule has 5 nitrogen and oxygen atoms in total. The molecule has 21 heavy (non-hydrogen) atoms. The van der Waals surface area contributed by atoms with E-state index >= 15 is 0 Å². The summed E-state index contributed by atoms with van der Waals surface area (Å²) in [5.74, 6) is -1.55. The summed E-state index contributed by atoms with van der Waals surface area (Å²) < 4.78 is 0. The van der Waals surface area contributed by atoms with Gasteiger partial charge in [-0.25, -0.2) is 9.69 Å². The van der Waals surface area contributed by atoms with Crippen LogP contribution in [0, 0.1) is 12.3 Å². The molecule has 0 unspecified atom stereocenters. The lowest BCUT2D eigenvalue weighted by atomic mass is 9.73. The predicted octanol–water partition coefficient (Wildman–Crippen LogP) is 2.97. The van der Waals surface area contributed by atoms with Crippen molar-refractivity contribution in [2.75, 3.05) is 4.90 Å². The lowest BCUT2D eigenvalue weighted by molar-refractivity contribution is -0.127. The Morgan fingerprint density at radius 3 is 2.57 bits per heavy atom. The van der Waals surface area contributed by atoms with E-state index in [1.54, 1.807) is 12.3 Å². The second-order valence-electron chi connectivity index (χ2n) is 5.95. The number of hydrogen-bond acceptors (Lipinski definition) is 4. The molecular weight excluding hydrogens is 290 g/mol. The number of rotatable bonds is 2. The molecule has 0 atom stereocenters. The lowest BCUT2D eigenvalue weighted by Gasteiger charge is -2.30. The first-order chi connectivity index (χ1) is 9.96. The molecule has 6 heteroatoms. The average molecular weight is 307 g/mol. The minimum absolute atomic E-state index is 0.0714. The Kier molecular flexibility index (Phi) is 3.36. The summed E-state index contributed by atoms with van der Waals surface area (Å²) >= 11 is 1.06. The van der Waals surface area contributed by atoms with Gasteiger partial charge in [0.15, 0.2) is 0 Å². The van der Waals surface area contributed by atoms with Crippen LogP contribution in [0.25, 0.3) is 0 Å². The molecule has 2 aliphatic rings. The van der Waals surface area contributed by atoms with Gasteiger partial charge in [-0.3, -0.25) is 9.59 Å². The number of aryl methyl sites for hydroxylation is 1. The lowest BCUT2D eigenvalue weighted by Crippen LogP contribution is -2.37. The zero-order chi connectivity index (χ0) is 15.2. The van der Waals surface area contributed by atoms with E-state index in [9.17, 15) is 19.5 Å². The van der Waals surface area contributed by atoms with Crippen LogP contribution in [0.5, 0.6) is 0 Å². The van der Waals surface area contributed by atoms with Gasteiger partial charge in [-0.2, -0.15) is 0 Å². The standard InChI is InChI=1S/C15H17NO4S/c1-9-8-21-12(13(18)19)11(9)16-10(17)7-15(14(16)20)5-3-2-4-6-15/h8H,2-7H2,1H3,(H,18,19). The number of carboxylic acid groups (broad SMARTS) is 1. The molecule has 1 saturated carbocycles. The molecule has 1 aromatic heterocycles. The van der Waals surface area contributed by atoms with E-state index in [0.717, 1.165) is 48.3 Å². The summed E-state index contributed by atoms with van der Waals surface area (Å²) in [5, 5.41) is 11.0. The molecule has 1 N–H and O–H groups in total. The minimum atomic E-state index is -1.09. The third kappa shape index (κ3) is 2.09. The van der Waals surface area contributed by atoms with E-state index in [-0.39, 0.29) is 28.8 Å². The Balaban J connectivity index is 2.04. The smallest absolute Gasteiger partial charge is 0.348 e. The third-order valence-electron chi connectivity index (χ3n) is 4.57. The van der Waals surface area contributed by atoms with Crippen LogP contribution in [0.1, 0.15) is 53.8 Å². The number of thiophene rings is 1. The fourth-order valence-electron chi connectivity index (χ4n) is 3.51. The van der Waals surface area contributed by atoms with Gasteiger partial charge in [0.1, 0.15) is 4.88 Å². The van der Waals surface area contributed by atoms with Gasteiger partial charge in [0.2, 0.25) is 11.8 Å². The molecule has 1 aliphatic carbocycles. The van der Waals surface area contributed by atoms with Gasteiger partial charge >= 0.3 is 5.97 Å². The number of carboxylic acids is 1. The monoisotopic (exact) mass is 307 g/mol. The molecule has 2 heterocycles. The maximum absolute atomic E-state index is 12.8. The molecule has 0 aromatic carbocycles. The van der Waals surface area contributed by atoms with Gasteiger partial charge in [0.25, 0.3) is 0 Å². The van der Waals surface area contributed by atoms with Crippen molar-refractivity contribution in [1.82, 2.24) is 0 Å². The molecule has 1 saturated heterocycles. The predicted molar refractivity (Wildman–Crippen MR) is 78.6 cm³/mol. The molecule has 0 radical (unpaired) electrons. The van der Waals surface area contributed by atoms with Crippen LogP contribution in [-0.4, -0.2) is 22.9 Å². The highest BCUT2D eigenvalue weighted by Crippen LogP contribution is 2.48. The van der Waals surface area contributed by atoms with Gasteiger partial charge in [-0.15, -0.1) is 11.3 Å². The Labute approximate surface area is 126 Å². The van der Waals surface area contributed by atoms with Crippen LogP contribution < -0.4 is 4.90 Å². The number of aromatic carboxylic acids is 1. The van der Waals surface area contributed by atoms with Gasteiger partial charge in [0, 0.05) is 6.42 Å². The molecule has 1 aromatic rings. The molecule has 2 amide bonds. The van der Waals surface area contributed by atoms with Crippen molar-refractivity contribution in [3.63, 3.8) is 0 Å². The normalized spacial score (nSPS) is 21.3. The SMILES string of the molecule is Cc1csc(C(=O)O)c1N1C(=O)CC2(CCCCC2)C1=O. The summed E-state index contributed by atoms with van der Waals surface area (Å²) in [5.41, 5.74) is 0.372. The first-order valence-electron chi connectivity index (χ1n) is 7.15. The van der Waals surface area contributed by atoms with Crippen LogP contribution in [0.2, 0.25) is 0 Å². The topological polar surface area (TPSA) is 74.7 Å². The van der Waals surface area contributed by atoms with Crippen molar-refractivity contribution < 1.29 is 19.5 Å². The molecule has 112 valence electrons. The van der Waals surface area contributed by atoms with Crippen LogP contribution in [0.3, 0.4) is 0 Å². The number of nitrogens with zero attached hydrogens (tertiary/aromatic N) is 1. The van der Waals surface area contributed by atoms with E-state index in [1.165, 1.54) is 0 Å². The number of hydrogen-bond donors (Lipinski definition) is 1. The zero-order valence-electron chi connectivity index (χ0n) is 11.8. The number of carbonyl (C=O) groups is 3. The molecule has 1 aliphatic heterocycles. The Morgan fingerprint density at radius 2 is 1.95 bits per heavy atom. The summed E-state index contributed by atoms with van der Waals surface area (Å²) in [4.78, 5) is 37.8. The van der Waals surface area contributed by atoms with Crippen LogP contribution in [-0.2, 0) is 9.59 Å². The molecular formula is C15H17NO4S. The van der Waals surface area contributed by atoms with Gasteiger partial charge < -0.3 is 5.11 Å². The van der Waals surface area contributed by atoms with Gasteiger partial charge in [0.05, 0.1) is 11.1 Å². The molecule has 1 spiro atoms. The molecule has 0 bridgehead atoms. The van der Waals surface area contributed by atoms with Crippen molar-refractivity contribution in [3.8, 4) is 0 Å². The highest BCUT2D eigenvalue weighted by molar-refractivity contribution is 7.12. The van der Waals surface area contributed by atoms with E-state index in [1.807, 2.05) is 0 Å². The van der Waals surface area contributed by atoms with Crippen molar-refractivity contribution in [2.24, 2.45) is 5.41 Å². The highest BCUT2D eigenvalue weighted by atomic mass is 32.1. The van der Waals surface area contributed by atoms with Crippen molar-refractivity contribution in [1.29, 1.82) is 0 Å². The number of carbonyl (C=O) groups excluding carboxylic acids is 2. The Bertz CT molecular complexity index is 628. The van der Waals surface area contributed by atoms with Crippen LogP contribution >= 0.6 is 11.3 Å². The van der Waals surface area contributed by atoms with Gasteiger partial charge in [-0.1, -0.05) is 19.3 Å². The van der Waals surface area contributed by atoms with Crippen molar-refractivity contribution in [3.05, 3.63) is 15.8 Å². The summed E-state index contributed by atoms with van der Waals surface area (Å²) in [7, 11) is 0. The summed E-state index contributed by atoms with van der Waals surface area (Å²) in [6, 6.07) is 0. The third-order valence-corrected chi connectivity index (χ3v) is 5.64. The van der Waals surface area contributed by atoms with E-state index < -0.39 is 11.4 Å². The maximum atomic E-state index is 12.8. The Morgan fingerprint density at radius 1 is 1.29 bits per heavy atom. The van der Waals surface area contributed by atoms with Gasteiger partial charge in [-0.05, 0) is 30.7 Å². The van der Waals surface area contributed by atoms with E-state index in [4.69, 9.17) is 0 Å². The second kappa shape index (κ2) is 4.94. The fourth-order valence-corrected chi connectivity index (χ4v) is 4.38. The first kappa shape index (κ1) is 14.3. The zero-order valence-corrected chi connectivity index (χ0v) is 12.7. The first-order valence-corrected chi connectivity index (χ1v) is 8.03. The van der Waals surface area contributed by atoms with Crippen molar-refractivity contribution >= 4 is 34.8 Å². The van der Waals surface area contributed by atoms with Crippen molar-refractivity contribution in [2.45, 2.75) is 45.4 Å². The quantitative estimate of drug-likeness (QED) is 0.852. The summed E-state index contributed by atoms with van der Waals surface area (Å²) in [6.07, 6.45) is 4.71. The van der Waals surface area contributed by atoms with E-state index in [2.05, 4.69) is 0 Å². The van der Waals surface area contributed by atoms with E-state index in [0.29, 0.717) is 5.56 Å². The van der Waals surface area contributed by atoms with Crippen LogP contribution in [0.15, 0.2) is 5.38 Å². The number of imide groups is 1. The number of amides is 2. The molecule has 2 fully saturated rings. The van der Waals surface area contributed by atoms with Crippen LogP contribution in [0.4, 0.5) is 5.69 Å². The molecule has 3 rings (SSSR count). The average Bonchev–Trinajstić information content (AvgIpc) is 2.91. The number of anilines is 1. The minimum Gasteiger partial charge on any atom is -0.477 e. The Hall–Kier alpha value is -1.69. The highest BCUT2D eigenvalue weighted by Gasteiger charge is 2.53. The fraction of sp³-hybridized carbons (Fsp3) is 0.533. The summed E-state index contributed by atoms with van der Waals surface area (Å²) in [6.45, 7) is 1.74. The largest absolute Gasteiger partial charge is 0.477 e.